The summed E-state index contributed by atoms with van der Waals surface area (Å²) in [6.45, 7) is 2.51. The zero-order chi connectivity index (χ0) is 12.3. The summed E-state index contributed by atoms with van der Waals surface area (Å²) in [5, 5.41) is 4.95. The van der Waals surface area contributed by atoms with Gasteiger partial charge in [-0.2, -0.15) is 0 Å². The van der Waals surface area contributed by atoms with Crippen LogP contribution in [0.2, 0.25) is 0 Å². The lowest BCUT2D eigenvalue weighted by Gasteiger charge is -2.06. The molecule has 1 heterocycles. The molecule has 88 valence electrons. The molecule has 17 heavy (non-hydrogen) atoms. The van der Waals surface area contributed by atoms with E-state index in [1.165, 1.54) is 0 Å². The van der Waals surface area contributed by atoms with Crippen molar-refractivity contribution in [3.63, 3.8) is 0 Å². The summed E-state index contributed by atoms with van der Waals surface area (Å²) >= 11 is 5.02. The number of amides is 1. The molecule has 0 fully saturated rings. The van der Waals surface area contributed by atoms with Crippen LogP contribution in [0.4, 0.5) is 0 Å². The SMILES string of the molecule is Cc1ccccc1C(=O)NCc1csc(Br)c1. The molecule has 0 saturated heterocycles. The molecule has 1 aromatic heterocycles. The molecule has 2 nitrogen and oxygen atoms in total. The number of halogens is 1. The van der Waals surface area contributed by atoms with Crippen LogP contribution in [-0.2, 0) is 6.54 Å². The molecule has 4 heteroatoms. The van der Waals surface area contributed by atoms with E-state index in [1.807, 2.05) is 42.6 Å². The van der Waals surface area contributed by atoms with Crippen molar-refractivity contribution in [2.75, 3.05) is 0 Å². The minimum atomic E-state index is -0.0228. The maximum absolute atomic E-state index is 11.9. The number of carbonyl (C=O) groups is 1. The van der Waals surface area contributed by atoms with Crippen molar-refractivity contribution in [3.05, 3.63) is 56.2 Å². The fraction of sp³-hybridized carbons (Fsp3) is 0.154. The third-order valence-corrected chi connectivity index (χ3v) is 4.02. The molecule has 0 spiro atoms. The maximum Gasteiger partial charge on any atom is 0.251 e. The second-order valence-corrected chi connectivity index (χ2v) is 6.05. The van der Waals surface area contributed by atoms with Gasteiger partial charge in [0, 0.05) is 12.1 Å². The smallest absolute Gasteiger partial charge is 0.251 e. The summed E-state index contributed by atoms with van der Waals surface area (Å²) in [6.07, 6.45) is 0. The van der Waals surface area contributed by atoms with E-state index in [0.717, 1.165) is 20.5 Å². The van der Waals surface area contributed by atoms with E-state index in [4.69, 9.17) is 0 Å². The number of benzene rings is 1. The van der Waals surface area contributed by atoms with Crippen LogP contribution >= 0.6 is 27.3 Å². The molecule has 0 atom stereocenters. The van der Waals surface area contributed by atoms with Gasteiger partial charge in [0.1, 0.15) is 0 Å². The van der Waals surface area contributed by atoms with Gasteiger partial charge in [-0.15, -0.1) is 11.3 Å². The zero-order valence-corrected chi connectivity index (χ0v) is 11.8. The van der Waals surface area contributed by atoms with Crippen LogP contribution < -0.4 is 5.32 Å². The Bertz CT molecular complexity index is 536. The van der Waals surface area contributed by atoms with Gasteiger partial charge < -0.3 is 5.32 Å². The number of aryl methyl sites for hydroxylation is 1. The monoisotopic (exact) mass is 309 g/mol. The molecule has 0 radical (unpaired) electrons. The Hall–Kier alpha value is -1.13. The van der Waals surface area contributed by atoms with Crippen LogP contribution in [0.15, 0.2) is 39.5 Å². The van der Waals surface area contributed by atoms with Crippen molar-refractivity contribution in [2.45, 2.75) is 13.5 Å². The van der Waals surface area contributed by atoms with Gasteiger partial charge >= 0.3 is 0 Å². The standard InChI is InChI=1S/C13H12BrNOS/c1-9-4-2-3-5-11(9)13(16)15-7-10-6-12(14)17-8-10/h2-6,8H,7H2,1H3,(H,15,16). The van der Waals surface area contributed by atoms with Crippen LogP contribution in [0, 0.1) is 6.92 Å². The zero-order valence-electron chi connectivity index (χ0n) is 9.37. The number of hydrogen-bond acceptors (Lipinski definition) is 2. The molecular formula is C13H12BrNOS. The minimum absolute atomic E-state index is 0.0228. The van der Waals surface area contributed by atoms with Crippen molar-refractivity contribution in [1.82, 2.24) is 5.32 Å². The normalized spacial score (nSPS) is 10.2. The molecule has 0 aliphatic rings. The summed E-state index contributed by atoms with van der Waals surface area (Å²) in [7, 11) is 0. The summed E-state index contributed by atoms with van der Waals surface area (Å²) in [5.41, 5.74) is 2.85. The first-order chi connectivity index (χ1) is 8.16. The summed E-state index contributed by atoms with van der Waals surface area (Å²) in [6, 6.07) is 9.61. The molecule has 0 saturated carbocycles. The van der Waals surface area contributed by atoms with Crippen molar-refractivity contribution in [2.24, 2.45) is 0 Å². The highest BCUT2D eigenvalue weighted by molar-refractivity contribution is 9.11. The molecule has 0 aliphatic heterocycles. The Balaban J connectivity index is 2.01. The predicted octanol–water partition coefficient (Wildman–Crippen LogP) is 3.75. The topological polar surface area (TPSA) is 29.1 Å². The molecular weight excluding hydrogens is 298 g/mol. The fourth-order valence-electron chi connectivity index (χ4n) is 1.54. The molecule has 1 amide bonds. The van der Waals surface area contributed by atoms with E-state index in [0.29, 0.717) is 6.54 Å². The Labute approximate surface area is 113 Å². The van der Waals surface area contributed by atoms with Crippen molar-refractivity contribution >= 4 is 33.2 Å². The second kappa shape index (κ2) is 5.47. The molecule has 0 bridgehead atoms. The number of hydrogen-bond donors (Lipinski definition) is 1. The van der Waals surface area contributed by atoms with E-state index in [2.05, 4.69) is 21.2 Å². The van der Waals surface area contributed by atoms with Gasteiger partial charge in [0.15, 0.2) is 0 Å². The highest BCUT2D eigenvalue weighted by Crippen LogP contribution is 2.20. The van der Waals surface area contributed by atoms with Crippen molar-refractivity contribution < 1.29 is 4.79 Å². The fourth-order valence-corrected chi connectivity index (χ4v) is 2.75. The first-order valence-electron chi connectivity index (χ1n) is 5.23. The molecule has 0 unspecified atom stereocenters. The van der Waals surface area contributed by atoms with Crippen LogP contribution in [0.5, 0.6) is 0 Å². The largest absolute Gasteiger partial charge is 0.348 e. The lowest BCUT2D eigenvalue weighted by atomic mass is 10.1. The van der Waals surface area contributed by atoms with Crippen molar-refractivity contribution in [1.29, 1.82) is 0 Å². The van der Waals surface area contributed by atoms with Gasteiger partial charge in [-0.3, -0.25) is 4.79 Å². The average Bonchev–Trinajstić information content (AvgIpc) is 2.73. The first-order valence-corrected chi connectivity index (χ1v) is 6.91. The van der Waals surface area contributed by atoms with Crippen LogP contribution in [0.25, 0.3) is 0 Å². The first kappa shape index (κ1) is 12.3. The third-order valence-electron chi connectivity index (χ3n) is 2.46. The quantitative estimate of drug-likeness (QED) is 0.919. The number of nitrogens with one attached hydrogen (secondary N) is 1. The minimum Gasteiger partial charge on any atom is -0.348 e. The highest BCUT2D eigenvalue weighted by Gasteiger charge is 2.07. The van der Waals surface area contributed by atoms with Crippen LogP contribution in [0.1, 0.15) is 21.5 Å². The van der Waals surface area contributed by atoms with Gasteiger partial charge in [0.25, 0.3) is 5.91 Å². The van der Waals surface area contributed by atoms with Gasteiger partial charge in [0.2, 0.25) is 0 Å². The number of carbonyl (C=O) groups excluding carboxylic acids is 1. The van der Waals surface area contributed by atoms with E-state index in [9.17, 15) is 4.79 Å². The van der Waals surface area contributed by atoms with Gasteiger partial charge in [-0.1, -0.05) is 18.2 Å². The number of thiophene rings is 1. The van der Waals surface area contributed by atoms with Gasteiger partial charge in [-0.05, 0) is 51.5 Å². The third kappa shape index (κ3) is 3.17. The highest BCUT2D eigenvalue weighted by atomic mass is 79.9. The molecule has 2 aromatic rings. The molecule has 1 aromatic carbocycles. The lowest BCUT2D eigenvalue weighted by Crippen LogP contribution is -2.23. The summed E-state index contributed by atoms with van der Waals surface area (Å²) < 4.78 is 1.08. The lowest BCUT2D eigenvalue weighted by molar-refractivity contribution is 0.0950. The van der Waals surface area contributed by atoms with Crippen LogP contribution in [0.3, 0.4) is 0 Å². The van der Waals surface area contributed by atoms with Crippen LogP contribution in [-0.4, -0.2) is 5.91 Å². The molecule has 1 N–H and O–H groups in total. The van der Waals surface area contributed by atoms with Crippen molar-refractivity contribution in [3.8, 4) is 0 Å². The number of rotatable bonds is 3. The van der Waals surface area contributed by atoms with Gasteiger partial charge in [-0.25, -0.2) is 0 Å². The Kier molecular flexibility index (Phi) is 3.97. The summed E-state index contributed by atoms with van der Waals surface area (Å²) in [4.78, 5) is 11.9. The Morgan fingerprint density at radius 2 is 2.18 bits per heavy atom. The Morgan fingerprint density at radius 3 is 2.82 bits per heavy atom. The van der Waals surface area contributed by atoms with E-state index in [-0.39, 0.29) is 5.91 Å². The van der Waals surface area contributed by atoms with E-state index in [1.54, 1.807) is 11.3 Å². The molecule has 0 aliphatic carbocycles. The predicted molar refractivity (Wildman–Crippen MR) is 74.4 cm³/mol. The Morgan fingerprint density at radius 1 is 1.41 bits per heavy atom. The van der Waals surface area contributed by atoms with Gasteiger partial charge in [0.05, 0.1) is 3.79 Å². The molecule has 2 rings (SSSR count). The second-order valence-electron chi connectivity index (χ2n) is 3.76. The summed E-state index contributed by atoms with van der Waals surface area (Å²) in [5.74, 6) is -0.0228. The van der Waals surface area contributed by atoms with E-state index < -0.39 is 0 Å². The maximum atomic E-state index is 11.9. The average molecular weight is 310 g/mol. The van der Waals surface area contributed by atoms with E-state index >= 15 is 0 Å².